The second-order valence-corrected chi connectivity index (χ2v) is 9.54. The van der Waals surface area contributed by atoms with Gasteiger partial charge >= 0.3 is 0 Å². The Bertz CT molecular complexity index is 1700. The van der Waals surface area contributed by atoms with Crippen LogP contribution in [-0.4, -0.2) is 87.3 Å². The number of hydrogen-bond donors (Lipinski definition) is 1. The summed E-state index contributed by atoms with van der Waals surface area (Å²) in [6.45, 7) is 10.3. The monoisotopic (exact) mass is 569 g/mol. The highest BCUT2D eigenvalue weighted by Crippen LogP contribution is 2.39. The maximum Gasteiger partial charge on any atom is 0.248 e. The molecule has 0 saturated heterocycles. The van der Waals surface area contributed by atoms with Crippen molar-refractivity contribution in [1.29, 1.82) is 0 Å². The van der Waals surface area contributed by atoms with E-state index in [0.29, 0.717) is 11.6 Å². The van der Waals surface area contributed by atoms with Gasteiger partial charge in [-0.1, -0.05) is 13.8 Å². The van der Waals surface area contributed by atoms with E-state index < -0.39 is 0 Å². The predicted octanol–water partition coefficient (Wildman–Crippen LogP) is 5.23. The molecule has 11 heteroatoms. The van der Waals surface area contributed by atoms with Crippen molar-refractivity contribution >= 4 is 40.0 Å². The Morgan fingerprint density at radius 1 is 1.00 bits per heavy atom. The van der Waals surface area contributed by atoms with Crippen LogP contribution < -0.4 is 14.8 Å². The quantitative estimate of drug-likeness (QED) is 0.239. The molecule has 1 aliphatic rings. The number of anilines is 2. The van der Waals surface area contributed by atoms with Crippen LogP contribution in [0.15, 0.2) is 61.3 Å². The van der Waals surface area contributed by atoms with Gasteiger partial charge in [-0.25, -0.2) is 19.5 Å². The molecule has 0 unspecified atom stereocenters. The minimum atomic E-state index is 0.674. The number of fused-ring (bicyclic) bond motifs is 2. The highest BCUT2D eigenvalue weighted by atomic mass is 16.5. The van der Waals surface area contributed by atoms with Gasteiger partial charge < -0.3 is 19.5 Å². The average molecular weight is 570 g/mol. The number of aromatic nitrogens is 5. The number of benzene rings is 2. The molecule has 5 aromatic rings. The molecule has 0 bridgehead atoms. The Balaban J connectivity index is 0.00000173. The molecule has 0 aliphatic carbocycles. The lowest BCUT2D eigenvalue weighted by Gasteiger charge is -2.23. The van der Waals surface area contributed by atoms with Gasteiger partial charge in [0.05, 0.1) is 37.7 Å². The molecule has 11 nitrogen and oxygen atoms in total. The number of ether oxygens (including phenoxy) is 3. The van der Waals surface area contributed by atoms with Crippen LogP contribution in [0.5, 0.6) is 17.2 Å². The first kappa shape index (κ1) is 28.9. The normalized spacial score (nSPS) is 13.4. The number of rotatable bonds is 9. The third-order valence-electron chi connectivity index (χ3n) is 7.00. The fourth-order valence-electron chi connectivity index (χ4n) is 4.89. The van der Waals surface area contributed by atoms with Gasteiger partial charge in [0.1, 0.15) is 30.0 Å². The Labute approximate surface area is 245 Å². The van der Waals surface area contributed by atoms with E-state index in [1.54, 1.807) is 25.1 Å². The highest BCUT2D eigenvalue weighted by molar-refractivity contribution is 5.98. The lowest BCUT2D eigenvalue weighted by atomic mass is 10.1. The van der Waals surface area contributed by atoms with Gasteiger partial charge in [-0.05, 0) is 42.8 Å². The molecule has 4 heterocycles. The van der Waals surface area contributed by atoms with Crippen molar-refractivity contribution in [3.8, 4) is 17.2 Å². The van der Waals surface area contributed by atoms with Crippen LogP contribution in [0.1, 0.15) is 19.4 Å². The summed E-state index contributed by atoms with van der Waals surface area (Å²) >= 11 is 0. The van der Waals surface area contributed by atoms with Crippen LogP contribution in [0.2, 0.25) is 0 Å². The highest BCUT2D eigenvalue weighted by Gasteiger charge is 2.25. The van der Waals surface area contributed by atoms with Gasteiger partial charge in [0, 0.05) is 37.7 Å². The molecule has 0 amide bonds. The van der Waals surface area contributed by atoms with Crippen LogP contribution in [0, 0.1) is 6.92 Å². The lowest BCUT2D eigenvalue weighted by molar-refractivity contribution is -0.444. The standard InChI is InChI=1S/C29H31N8O3.C2H6/c1-20-16-21(4-7-25(20)40-22-8-9-37-26(17-22)31-19-33-37)34-29-27-23(30-18-32-29)5-6-24(28(27)39-3)36-12-10-35(11-13-36)14-15-38-2;1-2/h4-9,12,16-19H,10-11,13-15H2,1-3H3,(H,30,32,34);1-2H3/q+1;. The van der Waals surface area contributed by atoms with Gasteiger partial charge in [-0.15, -0.1) is 0 Å². The molecule has 3 aromatic heterocycles. The third-order valence-corrected chi connectivity index (χ3v) is 7.00. The number of hydrogen-bond acceptors (Lipinski definition) is 9. The maximum atomic E-state index is 6.14. The Morgan fingerprint density at radius 3 is 2.64 bits per heavy atom. The van der Waals surface area contributed by atoms with Gasteiger partial charge in [0.15, 0.2) is 18.4 Å². The van der Waals surface area contributed by atoms with Crippen molar-refractivity contribution in [2.45, 2.75) is 20.8 Å². The molecular formula is C31H37N8O3+. The molecule has 0 fully saturated rings. The largest absolute Gasteiger partial charge is 0.490 e. The summed E-state index contributed by atoms with van der Waals surface area (Å²) in [5, 5.41) is 8.43. The fraction of sp³-hybridized carbons (Fsp3) is 0.323. The summed E-state index contributed by atoms with van der Waals surface area (Å²) in [5.74, 6) is 2.86. The molecule has 0 atom stereocenters. The van der Waals surface area contributed by atoms with Crippen molar-refractivity contribution in [3.63, 3.8) is 0 Å². The van der Waals surface area contributed by atoms with E-state index in [1.165, 1.54) is 6.33 Å². The molecule has 218 valence electrons. The van der Waals surface area contributed by atoms with Gasteiger partial charge in [-0.2, -0.15) is 9.67 Å². The number of nitrogens with zero attached hydrogens (tertiary/aromatic N) is 7. The first-order valence-electron chi connectivity index (χ1n) is 14.1. The molecule has 2 aromatic carbocycles. The summed E-state index contributed by atoms with van der Waals surface area (Å²) in [5.41, 5.74) is 4.37. The summed E-state index contributed by atoms with van der Waals surface area (Å²) in [4.78, 5) is 15.7. The van der Waals surface area contributed by atoms with E-state index in [4.69, 9.17) is 14.2 Å². The van der Waals surface area contributed by atoms with Crippen molar-refractivity contribution in [3.05, 3.63) is 66.9 Å². The van der Waals surface area contributed by atoms with E-state index in [2.05, 4.69) is 47.1 Å². The molecule has 0 saturated carbocycles. The minimum Gasteiger partial charge on any atom is -0.490 e. The fourth-order valence-corrected chi connectivity index (χ4v) is 4.89. The second-order valence-electron chi connectivity index (χ2n) is 9.54. The van der Waals surface area contributed by atoms with E-state index in [1.807, 2.05) is 63.4 Å². The first-order chi connectivity index (χ1) is 20.6. The zero-order valence-corrected chi connectivity index (χ0v) is 24.7. The van der Waals surface area contributed by atoms with E-state index in [-0.39, 0.29) is 0 Å². The number of methoxy groups -OCH3 is 2. The predicted molar refractivity (Wildman–Crippen MR) is 164 cm³/mol. The van der Waals surface area contributed by atoms with Gasteiger partial charge in [0.25, 0.3) is 0 Å². The topological polar surface area (TPSA) is 102 Å². The van der Waals surface area contributed by atoms with Crippen LogP contribution in [0.4, 0.5) is 17.2 Å². The Kier molecular flexibility index (Phi) is 9.20. The first-order valence-corrected chi connectivity index (χ1v) is 14.1. The summed E-state index contributed by atoms with van der Waals surface area (Å²) in [6, 6.07) is 13.7. The van der Waals surface area contributed by atoms with E-state index >= 15 is 0 Å². The lowest BCUT2D eigenvalue weighted by Crippen LogP contribution is -2.39. The number of aryl methyl sites for hydroxylation is 1. The Hall–Kier alpha value is -4.61. The second kappa shape index (κ2) is 13.4. The molecule has 1 aliphatic heterocycles. The average Bonchev–Trinajstić information content (AvgIpc) is 3.50. The zero-order valence-electron chi connectivity index (χ0n) is 24.7. The van der Waals surface area contributed by atoms with Gasteiger partial charge in [-0.3, -0.25) is 4.90 Å². The molecule has 0 spiro atoms. The van der Waals surface area contributed by atoms with Crippen molar-refractivity contribution in [2.75, 3.05) is 52.3 Å². The third kappa shape index (κ3) is 6.17. The smallest absolute Gasteiger partial charge is 0.248 e. The molecule has 1 N–H and O–H groups in total. The van der Waals surface area contributed by atoms with Gasteiger partial charge in [0.2, 0.25) is 11.4 Å². The summed E-state index contributed by atoms with van der Waals surface area (Å²) in [6.07, 6.45) is 7.10. The molecule has 42 heavy (non-hydrogen) atoms. The van der Waals surface area contributed by atoms with Crippen molar-refractivity contribution < 1.29 is 18.8 Å². The van der Waals surface area contributed by atoms with Crippen LogP contribution in [0.25, 0.3) is 16.6 Å². The zero-order chi connectivity index (χ0) is 29.5. The SMILES string of the molecule is CC.COCCN1CC=[N+](c2ccc3ncnc(Nc4ccc(Oc5ccn6ncnc6c5)c(C)c4)c3c2OC)CC1. The summed E-state index contributed by atoms with van der Waals surface area (Å²) < 4.78 is 21.3. The van der Waals surface area contributed by atoms with E-state index in [0.717, 1.165) is 77.8 Å². The van der Waals surface area contributed by atoms with Crippen LogP contribution in [0.3, 0.4) is 0 Å². The van der Waals surface area contributed by atoms with Crippen LogP contribution in [-0.2, 0) is 4.74 Å². The molecular weight excluding hydrogens is 532 g/mol. The minimum absolute atomic E-state index is 0.674. The maximum absolute atomic E-state index is 6.14. The molecule has 0 radical (unpaired) electrons. The molecule has 6 rings (SSSR count). The van der Waals surface area contributed by atoms with E-state index in [9.17, 15) is 0 Å². The number of nitrogens with one attached hydrogen (secondary N) is 1. The summed E-state index contributed by atoms with van der Waals surface area (Å²) in [7, 11) is 3.43. The Morgan fingerprint density at radius 2 is 1.88 bits per heavy atom. The van der Waals surface area contributed by atoms with Crippen molar-refractivity contribution in [2.24, 2.45) is 0 Å². The van der Waals surface area contributed by atoms with Crippen LogP contribution >= 0.6 is 0 Å². The van der Waals surface area contributed by atoms with Crippen molar-refractivity contribution in [1.82, 2.24) is 29.5 Å². The number of pyridine rings is 1.